The summed E-state index contributed by atoms with van der Waals surface area (Å²) in [4.78, 5) is 0. The predicted molar refractivity (Wildman–Crippen MR) is 113 cm³/mol. The van der Waals surface area contributed by atoms with Crippen molar-refractivity contribution >= 4 is 0 Å². The molecular weight excluding hydrogens is 336 g/mol. The molecule has 1 saturated carbocycles. The van der Waals surface area contributed by atoms with Gasteiger partial charge in [-0.15, -0.1) is 0 Å². The van der Waals surface area contributed by atoms with E-state index < -0.39 is 0 Å². The molecule has 3 nitrogen and oxygen atoms in total. The zero-order valence-corrected chi connectivity index (χ0v) is 17.9. The van der Waals surface area contributed by atoms with Crippen LogP contribution in [0.15, 0.2) is 12.8 Å². The van der Waals surface area contributed by atoms with Gasteiger partial charge in [0.2, 0.25) is 0 Å². The fourth-order valence-corrected chi connectivity index (χ4v) is 4.74. The molecule has 2 aliphatic rings. The summed E-state index contributed by atoms with van der Waals surface area (Å²) in [5.41, 5.74) is 0.109. The topological polar surface area (TPSA) is 31.0 Å². The monoisotopic (exact) mass is 380 g/mol. The summed E-state index contributed by atoms with van der Waals surface area (Å²) in [6.07, 6.45) is 21.6. The van der Waals surface area contributed by atoms with Crippen molar-refractivity contribution in [3.8, 4) is 0 Å². The first-order valence-corrected chi connectivity index (χ1v) is 11.8. The first kappa shape index (κ1) is 22.7. The summed E-state index contributed by atoms with van der Waals surface area (Å²) >= 11 is 0. The van der Waals surface area contributed by atoms with Gasteiger partial charge >= 0.3 is 0 Å². The lowest BCUT2D eigenvalue weighted by atomic mass is 9.71. The minimum atomic E-state index is 0.109. The Morgan fingerprint density at radius 2 is 1.63 bits per heavy atom. The third-order valence-corrected chi connectivity index (χ3v) is 6.49. The van der Waals surface area contributed by atoms with Crippen LogP contribution in [-0.2, 0) is 14.2 Å². The summed E-state index contributed by atoms with van der Waals surface area (Å²) in [6, 6.07) is 0. The Bertz CT molecular complexity index is 374. The lowest BCUT2D eigenvalue weighted by Crippen LogP contribution is -2.43. The van der Waals surface area contributed by atoms with E-state index >= 15 is 0 Å². The molecular formula is C24H44O3. The molecule has 2 unspecified atom stereocenters. The molecule has 1 saturated heterocycles. The molecule has 0 aromatic carbocycles. The van der Waals surface area contributed by atoms with Gasteiger partial charge in [-0.25, -0.2) is 0 Å². The van der Waals surface area contributed by atoms with Gasteiger partial charge in [0.05, 0.1) is 31.7 Å². The molecule has 3 heteroatoms. The molecule has 0 N–H and O–H groups in total. The first-order valence-electron chi connectivity index (χ1n) is 11.8. The molecule has 2 fully saturated rings. The van der Waals surface area contributed by atoms with Crippen LogP contribution in [0.5, 0.6) is 0 Å². The Hall–Kier alpha value is -0.540. The van der Waals surface area contributed by atoms with Gasteiger partial charge in [-0.05, 0) is 38.0 Å². The van der Waals surface area contributed by atoms with E-state index in [0.717, 1.165) is 32.2 Å². The zero-order chi connectivity index (χ0) is 19.2. The van der Waals surface area contributed by atoms with Crippen LogP contribution >= 0.6 is 0 Å². The maximum atomic E-state index is 6.76. The van der Waals surface area contributed by atoms with Crippen molar-refractivity contribution in [2.24, 2.45) is 5.92 Å². The fourth-order valence-electron chi connectivity index (χ4n) is 4.74. The second kappa shape index (κ2) is 13.6. The Morgan fingerprint density at radius 1 is 0.963 bits per heavy atom. The number of ether oxygens (including phenoxy) is 3. The van der Waals surface area contributed by atoms with Crippen LogP contribution in [-0.4, -0.2) is 31.5 Å². The first-order chi connectivity index (χ1) is 13.3. The van der Waals surface area contributed by atoms with Gasteiger partial charge in [-0.1, -0.05) is 77.7 Å². The van der Waals surface area contributed by atoms with Crippen LogP contribution in [0.2, 0.25) is 0 Å². The fraction of sp³-hybridized carbons (Fsp3) is 0.917. The molecule has 2 rings (SSSR count). The molecule has 158 valence electrons. The highest BCUT2D eigenvalue weighted by Gasteiger charge is 2.40. The number of unbranched alkanes of at least 4 members (excludes halogenated alkanes) is 6. The summed E-state index contributed by atoms with van der Waals surface area (Å²) < 4.78 is 17.5. The molecule has 0 aromatic heterocycles. The average Bonchev–Trinajstić information content (AvgIpc) is 3.53. The Balaban J connectivity index is 1.88. The summed E-state index contributed by atoms with van der Waals surface area (Å²) in [6.45, 7) is 8.44. The van der Waals surface area contributed by atoms with E-state index in [1.807, 2.05) is 0 Å². The molecule has 0 spiro atoms. The van der Waals surface area contributed by atoms with Gasteiger partial charge in [-0.3, -0.25) is 0 Å². The van der Waals surface area contributed by atoms with Gasteiger partial charge in [0.15, 0.2) is 0 Å². The summed E-state index contributed by atoms with van der Waals surface area (Å²) in [5.74, 6) is 0.760. The van der Waals surface area contributed by atoms with E-state index in [1.54, 1.807) is 6.26 Å². The molecule has 27 heavy (non-hydrogen) atoms. The van der Waals surface area contributed by atoms with E-state index in [-0.39, 0.29) is 5.60 Å². The van der Waals surface area contributed by atoms with E-state index in [2.05, 4.69) is 13.5 Å². The van der Waals surface area contributed by atoms with Crippen molar-refractivity contribution < 1.29 is 14.2 Å². The van der Waals surface area contributed by atoms with E-state index in [1.165, 1.54) is 89.9 Å². The van der Waals surface area contributed by atoms with Crippen molar-refractivity contribution in [2.75, 3.05) is 19.8 Å². The van der Waals surface area contributed by atoms with Crippen LogP contribution < -0.4 is 0 Å². The normalized spacial score (nSPS) is 22.3. The Kier molecular flexibility index (Phi) is 11.5. The zero-order valence-electron chi connectivity index (χ0n) is 17.9. The van der Waals surface area contributed by atoms with E-state index in [9.17, 15) is 0 Å². The lowest BCUT2D eigenvalue weighted by Gasteiger charge is -2.43. The number of rotatable bonds is 17. The minimum absolute atomic E-state index is 0.109. The minimum Gasteiger partial charge on any atom is -0.502 e. The maximum absolute atomic E-state index is 6.76. The van der Waals surface area contributed by atoms with Crippen LogP contribution in [0.4, 0.5) is 0 Å². The van der Waals surface area contributed by atoms with Gasteiger partial charge in [0.25, 0.3) is 0 Å². The summed E-state index contributed by atoms with van der Waals surface area (Å²) in [7, 11) is 0. The van der Waals surface area contributed by atoms with E-state index in [0.29, 0.717) is 6.10 Å². The molecule has 0 amide bonds. The van der Waals surface area contributed by atoms with Gasteiger partial charge < -0.3 is 14.2 Å². The molecule has 1 aliphatic heterocycles. The lowest BCUT2D eigenvalue weighted by molar-refractivity contribution is -0.114. The smallest absolute Gasteiger partial charge is 0.104 e. The largest absolute Gasteiger partial charge is 0.502 e. The summed E-state index contributed by atoms with van der Waals surface area (Å²) in [5, 5.41) is 0. The third-order valence-electron chi connectivity index (χ3n) is 6.49. The molecule has 2 atom stereocenters. The van der Waals surface area contributed by atoms with Crippen molar-refractivity contribution in [3.05, 3.63) is 12.8 Å². The molecule has 0 radical (unpaired) electrons. The SMILES string of the molecule is C=COCCCCCCC(CCCCCC)(OCC1CO1)C1CCCCC1. The van der Waals surface area contributed by atoms with E-state index in [4.69, 9.17) is 14.2 Å². The molecule has 0 bridgehead atoms. The van der Waals surface area contributed by atoms with Crippen LogP contribution in [0.25, 0.3) is 0 Å². The second-order valence-electron chi connectivity index (χ2n) is 8.68. The van der Waals surface area contributed by atoms with Crippen LogP contribution in [0.1, 0.15) is 103 Å². The molecule has 1 heterocycles. The van der Waals surface area contributed by atoms with Gasteiger partial charge in [-0.2, -0.15) is 0 Å². The number of hydrogen-bond donors (Lipinski definition) is 0. The number of hydrogen-bond acceptors (Lipinski definition) is 3. The maximum Gasteiger partial charge on any atom is 0.104 e. The molecule has 0 aromatic rings. The van der Waals surface area contributed by atoms with Crippen molar-refractivity contribution in [1.29, 1.82) is 0 Å². The highest BCUT2D eigenvalue weighted by atomic mass is 16.6. The van der Waals surface area contributed by atoms with Crippen molar-refractivity contribution in [2.45, 2.75) is 115 Å². The van der Waals surface area contributed by atoms with Gasteiger partial charge in [0, 0.05) is 0 Å². The van der Waals surface area contributed by atoms with Crippen molar-refractivity contribution in [3.63, 3.8) is 0 Å². The molecule has 1 aliphatic carbocycles. The van der Waals surface area contributed by atoms with Crippen LogP contribution in [0.3, 0.4) is 0 Å². The highest BCUT2D eigenvalue weighted by Crippen LogP contribution is 2.42. The van der Waals surface area contributed by atoms with Crippen molar-refractivity contribution in [1.82, 2.24) is 0 Å². The number of epoxide rings is 1. The quantitative estimate of drug-likeness (QED) is 0.158. The highest BCUT2D eigenvalue weighted by molar-refractivity contribution is 4.91. The standard InChI is InChI=1S/C24H44O3/c1-3-5-6-12-17-24(27-21-23-20-26-23,22-15-10-9-11-16-22)18-13-7-8-14-19-25-4-2/h4,22-23H,2-3,5-21H2,1H3. The average molecular weight is 381 g/mol. The van der Waals surface area contributed by atoms with Crippen LogP contribution in [0, 0.1) is 5.92 Å². The predicted octanol–water partition coefficient (Wildman–Crippen LogP) is 6.80. The third kappa shape index (κ3) is 9.00. The van der Waals surface area contributed by atoms with Gasteiger partial charge in [0.1, 0.15) is 6.10 Å². The second-order valence-corrected chi connectivity index (χ2v) is 8.68. The Morgan fingerprint density at radius 3 is 2.26 bits per heavy atom. The Labute approximate surface area is 168 Å².